The molecule has 20 heavy (non-hydrogen) atoms. The van der Waals surface area contributed by atoms with Gasteiger partial charge in [0.05, 0.1) is 5.57 Å². The number of nitrogens with zero attached hydrogens (tertiary/aromatic N) is 3. The molecular weight excluding hydrogens is 274 g/mol. The van der Waals surface area contributed by atoms with E-state index >= 15 is 0 Å². The Labute approximate surface area is 123 Å². The maximum Gasteiger partial charge on any atom is 0.223 e. The first-order valence-corrected chi connectivity index (χ1v) is 6.99. The van der Waals surface area contributed by atoms with Gasteiger partial charge in [0.25, 0.3) is 0 Å². The molecule has 108 valence electrons. The van der Waals surface area contributed by atoms with Gasteiger partial charge in [0, 0.05) is 25.8 Å². The van der Waals surface area contributed by atoms with Gasteiger partial charge >= 0.3 is 0 Å². The number of amidine groups is 1. The second-order valence-corrected chi connectivity index (χ2v) is 4.82. The number of thiocarbonyl (C=S) groups is 1. The van der Waals surface area contributed by atoms with Gasteiger partial charge in [-0.05, 0) is 25.1 Å². The molecular formula is C12H19N7S. The highest BCUT2D eigenvalue weighted by molar-refractivity contribution is 7.81. The summed E-state index contributed by atoms with van der Waals surface area (Å²) in [7, 11) is 0. The van der Waals surface area contributed by atoms with E-state index in [9.17, 15) is 0 Å². The van der Waals surface area contributed by atoms with Crippen LogP contribution in [0.3, 0.4) is 0 Å². The van der Waals surface area contributed by atoms with Crippen LogP contribution >= 0.6 is 12.2 Å². The van der Waals surface area contributed by atoms with Gasteiger partial charge in [-0.25, -0.2) is 9.98 Å². The molecule has 0 radical (unpaired) electrons. The van der Waals surface area contributed by atoms with Gasteiger partial charge in [-0.15, -0.1) is 0 Å². The predicted octanol–water partition coefficient (Wildman–Crippen LogP) is -1.05. The zero-order valence-corrected chi connectivity index (χ0v) is 12.0. The first-order valence-electron chi connectivity index (χ1n) is 6.58. The molecule has 8 heteroatoms. The molecule has 6 N–H and O–H groups in total. The van der Waals surface area contributed by atoms with Gasteiger partial charge < -0.3 is 22.1 Å². The minimum Gasteiger partial charge on any atom is -0.368 e. The van der Waals surface area contributed by atoms with Crippen LogP contribution in [0, 0.1) is 0 Å². The molecule has 0 aromatic heterocycles. The van der Waals surface area contributed by atoms with E-state index in [4.69, 9.17) is 23.7 Å². The van der Waals surface area contributed by atoms with Gasteiger partial charge in [-0.2, -0.15) is 4.99 Å². The van der Waals surface area contributed by atoms with Crippen LogP contribution in [0.15, 0.2) is 26.1 Å². The molecule has 0 aromatic rings. The number of hydrogen-bond acceptors (Lipinski definition) is 7. The topological polar surface area (TPSA) is 113 Å². The second kappa shape index (κ2) is 7.34. The Kier molecular flexibility index (Phi) is 5.48. The minimum atomic E-state index is 0.172. The summed E-state index contributed by atoms with van der Waals surface area (Å²) in [5.74, 6) is 0.745. The Morgan fingerprint density at radius 1 is 1.15 bits per heavy atom. The fourth-order valence-corrected chi connectivity index (χ4v) is 2.26. The van der Waals surface area contributed by atoms with Crippen molar-refractivity contribution in [2.75, 3.05) is 32.7 Å². The number of hydrogen-bond donors (Lipinski definition) is 4. The smallest absolute Gasteiger partial charge is 0.223 e. The van der Waals surface area contributed by atoms with Crippen LogP contribution in [0.2, 0.25) is 0 Å². The third-order valence-electron chi connectivity index (χ3n) is 2.88. The summed E-state index contributed by atoms with van der Waals surface area (Å²) in [5, 5.41) is 6.60. The van der Waals surface area contributed by atoms with Crippen LogP contribution in [-0.4, -0.2) is 55.7 Å². The van der Waals surface area contributed by atoms with Crippen molar-refractivity contribution in [1.29, 1.82) is 0 Å². The molecule has 0 aliphatic carbocycles. The molecule has 2 heterocycles. The Morgan fingerprint density at radius 3 is 2.75 bits per heavy atom. The number of nitrogens with one attached hydrogen (secondary N) is 2. The lowest BCUT2D eigenvalue weighted by Gasteiger charge is -2.10. The fraction of sp³-hybridized carbons (Fsp3) is 0.500. The highest BCUT2D eigenvalue weighted by atomic mass is 32.1. The number of guanidine groups is 1. The average molecular weight is 293 g/mol. The maximum absolute atomic E-state index is 5.55. The molecule has 0 bridgehead atoms. The van der Waals surface area contributed by atoms with Crippen molar-refractivity contribution >= 4 is 35.2 Å². The van der Waals surface area contributed by atoms with Crippen LogP contribution in [0.25, 0.3) is 0 Å². The molecule has 2 aliphatic heterocycles. The molecule has 0 aromatic carbocycles. The monoisotopic (exact) mass is 293 g/mol. The number of rotatable bonds is 8. The van der Waals surface area contributed by atoms with E-state index in [1.807, 2.05) is 0 Å². The lowest BCUT2D eigenvalue weighted by Crippen LogP contribution is -2.28. The molecule has 2 aliphatic rings. The third kappa shape index (κ3) is 3.76. The van der Waals surface area contributed by atoms with Crippen LogP contribution < -0.4 is 22.1 Å². The van der Waals surface area contributed by atoms with Crippen molar-refractivity contribution in [1.82, 2.24) is 10.6 Å². The number of nitrogens with two attached hydrogens (primary N) is 2. The third-order valence-corrected chi connectivity index (χ3v) is 3.18. The molecule has 2 rings (SSSR count). The zero-order valence-electron chi connectivity index (χ0n) is 11.2. The standard InChI is InChI=1S/C12H19N7S/c13-2-5-15-3-1-4-16-6-8-7-17-10-9(8)11(20)19-12(14)18-10/h7,15-16H,1-6,13H2,(H2,14,19,20). The molecule has 0 unspecified atom stereocenters. The molecule has 0 saturated heterocycles. The summed E-state index contributed by atoms with van der Waals surface area (Å²) in [6.07, 6.45) is 2.81. The predicted molar refractivity (Wildman–Crippen MR) is 86.6 cm³/mol. The molecule has 7 nitrogen and oxygen atoms in total. The highest BCUT2D eigenvalue weighted by Crippen LogP contribution is 2.18. The summed E-state index contributed by atoms with van der Waals surface area (Å²) in [4.78, 5) is 12.8. The van der Waals surface area contributed by atoms with Gasteiger partial charge in [-0.3, -0.25) is 0 Å². The highest BCUT2D eigenvalue weighted by Gasteiger charge is 2.24. The van der Waals surface area contributed by atoms with E-state index in [1.165, 1.54) is 0 Å². The van der Waals surface area contributed by atoms with Crippen molar-refractivity contribution in [3.05, 3.63) is 11.1 Å². The number of aliphatic imine (C=N–C) groups is 3. The van der Waals surface area contributed by atoms with Gasteiger partial charge in [0.2, 0.25) is 5.96 Å². The van der Waals surface area contributed by atoms with Gasteiger partial charge in [0.1, 0.15) is 4.99 Å². The van der Waals surface area contributed by atoms with Crippen LogP contribution in [-0.2, 0) is 0 Å². The van der Waals surface area contributed by atoms with E-state index in [1.54, 1.807) is 6.21 Å². The van der Waals surface area contributed by atoms with Crippen LogP contribution in [0.1, 0.15) is 6.42 Å². The Hall–Kier alpha value is -1.48. The maximum atomic E-state index is 5.55. The van der Waals surface area contributed by atoms with E-state index < -0.39 is 0 Å². The summed E-state index contributed by atoms with van der Waals surface area (Å²) in [5.41, 5.74) is 12.8. The Balaban J connectivity index is 1.78. The minimum absolute atomic E-state index is 0.172. The van der Waals surface area contributed by atoms with E-state index in [0.717, 1.165) is 37.2 Å². The molecule has 0 atom stereocenters. The van der Waals surface area contributed by atoms with Gasteiger partial charge in [-0.1, -0.05) is 12.2 Å². The zero-order chi connectivity index (χ0) is 14.4. The molecule has 0 amide bonds. The van der Waals surface area contributed by atoms with E-state index in [0.29, 0.717) is 23.9 Å². The summed E-state index contributed by atoms with van der Waals surface area (Å²) >= 11 is 5.21. The van der Waals surface area contributed by atoms with Crippen LogP contribution in [0.4, 0.5) is 0 Å². The lowest BCUT2D eigenvalue weighted by molar-refractivity contribution is 0.616. The molecule has 0 spiro atoms. The average Bonchev–Trinajstić information content (AvgIpc) is 2.81. The first-order chi connectivity index (χ1) is 9.72. The van der Waals surface area contributed by atoms with Crippen LogP contribution in [0.5, 0.6) is 0 Å². The van der Waals surface area contributed by atoms with Crippen molar-refractivity contribution in [2.24, 2.45) is 26.4 Å². The van der Waals surface area contributed by atoms with Crippen molar-refractivity contribution in [2.45, 2.75) is 6.42 Å². The Morgan fingerprint density at radius 2 is 1.95 bits per heavy atom. The molecule has 0 fully saturated rings. The Bertz CT molecular complexity index is 504. The largest absolute Gasteiger partial charge is 0.368 e. The first kappa shape index (κ1) is 14.9. The van der Waals surface area contributed by atoms with Crippen molar-refractivity contribution in [3.63, 3.8) is 0 Å². The molecule has 0 saturated carbocycles. The lowest BCUT2D eigenvalue weighted by atomic mass is 10.1. The van der Waals surface area contributed by atoms with Crippen molar-refractivity contribution < 1.29 is 0 Å². The summed E-state index contributed by atoms with van der Waals surface area (Å²) in [6.45, 7) is 4.09. The van der Waals surface area contributed by atoms with E-state index in [-0.39, 0.29) is 5.96 Å². The van der Waals surface area contributed by atoms with Crippen molar-refractivity contribution in [3.8, 4) is 0 Å². The van der Waals surface area contributed by atoms with E-state index in [2.05, 4.69) is 25.6 Å². The summed E-state index contributed by atoms with van der Waals surface area (Å²) < 4.78 is 0. The normalized spacial score (nSPS) is 17.4. The fourth-order valence-electron chi connectivity index (χ4n) is 1.95. The number of fused-ring (bicyclic) bond motifs is 1. The SMILES string of the molecule is NCCNCCCNCC1=C2C(=S)N=C(N)N=C2N=C1. The summed E-state index contributed by atoms with van der Waals surface area (Å²) in [6, 6.07) is 0. The van der Waals surface area contributed by atoms with Gasteiger partial charge in [0.15, 0.2) is 5.84 Å². The second-order valence-electron chi connectivity index (χ2n) is 4.44. The quantitative estimate of drug-likeness (QED) is 0.337.